The van der Waals surface area contributed by atoms with E-state index in [0.717, 1.165) is 30.0 Å². The summed E-state index contributed by atoms with van der Waals surface area (Å²) >= 11 is 7.56. The molecule has 3 aromatic rings. The predicted molar refractivity (Wildman–Crippen MR) is 113 cm³/mol. The highest BCUT2D eigenvalue weighted by Gasteiger charge is 2.17. The Kier molecular flexibility index (Phi) is 6.95. The third kappa shape index (κ3) is 5.27. The predicted octanol–water partition coefficient (Wildman–Crippen LogP) is 5.09. The van der Waals surface area contributed by atoms with E-state index >= 15 is 0 Å². The van der Waals surface area contributed by atoms with E-state index < -0.39 is 0 Å². The van der Waals surface area contributed by atoms with Crippen molar-refractivity contribution in [2.24, 2.45) is 0 Å². The number of thiazole rings is 1. The normalized spacial score (nSPS) is 10.6. The molecular weight excluding hydrogens is 392 g/mol. The van der Waals surface area contributed by atoms with Crippen molar-refractivity contribution in [3.63, 3.8) is 0 Å². The monoisotopic (exact) mass is 412 g/mol. The number of ketones is 1. The average Bonchev–Trinajstić information content (AvgIpc) is 3.12. The fourth-order valence-electron chi connectivity index (χ4n) is 2.85. The molecule has 1 amide bonds. The molecule has 0 aliphatic heterocycles. The minimum Gasteiger partial charge on any atom is -0.352 e. The van der Waals surface area contributed by atoms with Gasteiger partial charge in [-0.05, 0) is 56.5 Å². The number of nitrogens with zero attached hydrogens (tertiary/aromatic N) is 1. The molecule has 0 atom stereocenters. The number of rotatable bonds is 8. The van der Waals surface area contributed by atoms with E-state index in [1.54, 1.807) is 59.9 Å². The Morgan fingerprint density at radius 1 is 1.04 bits per heavy atom. The van der Waals surface area contributed by atoms with E-state index in [2.05, 4.69) is 10.3 Å². The summed E-state index contributed by atoms with van der Waals surface area (Å²) in [6.07, 6.45) is 2.73. The standard InChI is InChI=1S/C22H21ClN2O2S/c1-15-14-28-20(25-15)8-4-5-13-24-22(27)19-7-3-2-6-18(19)21(26)16-9-11-17(23)12-10-16/h2-3,6-7,9-12,14H,4-5,8,13H2,1H3,(H,24,27). The van der Waals surface area contributed by atoms with Gasteiger partial charge >= 0.3 is 0 Å². The Labute approximate surface area is 173 Å². The summed E-state index contributed by atoms with van der Waals surface area (Å²) in [7, 11) is 0. The minimum absolute atomic E-state index is 0.193. The maximum atomic E-state index is 12.8. The third-order valence-corrected chi connectivity index (χ3v) is 5.57. The molecule has 0 saturated carbocycles. The van der Waals surface area contributed by atoms with Gasteiger partial charge in [-0.25, -0.2) is 4.98 Å². The van der Waals surface area contributed by atoms with Crippen LogP contribution in [0.2, 0.25) is 5.02 Å². The van der Waals surface area contributed by atoms with Crippen molar-refractivity contribution in [3.8, 4) is 0 Å². The summed E-state index contributed by atoms with van der Waals surface area (Å²) in [6, 6.07) is 13.5. The van der Waals surface area contributed by atoms with E-state index in [9.17, 15) is 9.59 Å². The molecule has 28 heavy (non-hydrogen) atoms. The molecular formula is C22H21ClN2O2S. The number of carbonyl (C=O) groups excluding carboxylic acids is 2. The van der Waals surface area contributed by atoms with Gasteiger partial charge in [0.2, 0.25) is 0 Å². The second-order valence-electron chi connectivity index (χ2n) is 6.48. The number of halogens is 1. The van der Waals surface area contributed by atoms with Crippen LogP contribution in [0.5, 0.6) is 0 Å². The molecule has 0 unspecified atom stereocenters. The first-order valence-electron chi connectivity index (χ1n) is 9.13. The SMILES string of the molecule is Cc1csc(CCCCNC(=O)c2ccccc2C(=O)c2ccc(Cl)cc2)n1. The summed E-state index contributed by atoms with van der Waals surface area (Å²) in [5, 5.41) is 6.66. The van der Waals surface area contributed by atoms with Crippen LogP contribution in [0.3, 0.4) is 0 Å². The fourth-order valence-corrected chi connectivity index (χ4v) is 3.80. The Bertz CT molecular complexity index is 967. The first-order chi connectivity index (χ1) is 13.5. The van der Waals surface area contributed by atoms with Crippen LogP contribution in [0, 0.1) is 6.92 Å². The van der Waals surface area contributed by atoms with Gasteiger partial charge in [-0.1, -0.05) is 29.8 Å². The highest BCUT2D eigenvalue weighted by molar-refractivity contribution is 7.09. The quantitative estimate of drug-likeness (QED) is 0.414. The highest BCUT2D eigenvalue weighted by atomic mass is 35.5. The zero-order valence-electron chi connectivity index (χ0n) is 15.6. The van der Waals surface area contributed by atoms with Crippen LogP contribution < -0.4 is 5.32 Å². The largest absolute Gasteiger partial charge is 0.352 e. The Morgan fingerprint density at radius 2 is 1.75 bits per heavy atom. The smallest absolute Gasteiger partial charge is 0.252 e. The van der Waals surface area contributed by atoms with Crippen molar-refractivity contribution in [1.82, 2.24) is 10.3 Å². The molecule has 3 rings (SSSR count). The van der Waals surface area contributed by atoms with Gasteiger partial charge in [-0.2, -0.15) is 0 Å². The second kappa shape index (κ2) is 9.62. The lowest BCUT2D eigenvalue weighted by molar-refractivity contribution is 0.0941. The van der Waals surface area contributed by atoms with E-state index in [4.69, 9.17) is 11.6 Å². The van der Waals surface area contributed by atoms with Gasteiger partial charge in [0, 0.05) is 33.8 Å². The van der Waals surface area contributed by atoms with Gasteiger partial charge in [-0.3, -0.25) is 9.59 Å². The van der Waals surface area contributed by atoms with E-state index in [-0.39, 0.29) is 11.7 Å². The molecule has 0 fully saturated rings. The van der Waals surface area contributed by atoms with Crippen LogP contribution in [-0.4, -0.2) is 23.2 Å². The number of amides is 1. The zero-order chi connectivity index (χ0) is 19.9. The van der Waals surface area contributed by atoms with E-state index in [0.29, 0.717) is 28.3 Å². The maximum Gasteiger partial charge on any atom is 0.252 e. The van der Waals surface area contributed by atoms with Crippen LogP contribution in [0.4, 0.5) is 0 Å². The highest BCUT2D eigenvalue weighted by Crippen LogP contribution is 2.17. The van der Waals surface area contributed by atoms with Crippen LogP contribution in [-0.2, 0) is 6.42 Å². The lowest BCUT2D eigenvalue weighted by atomic mass is 9.98. The fraction of sp³-hybridized carbons (Fsp3) is 0.227. The number of aryl methyl sites for hydroxylation is 2. The van der Waals surface area contributed by atoms with Gasteiger partial charge in [-0.15, -0.1) is 11.3 Å². The molecule has 0 bridgehead atoms. The lowest BCUT2D eigenvalue weighted by Gasteiger charge is -2.10. The van der Waals surface area contributed by atoms with Crippen molar-refractivity contribution >= 4 is 34.6 Å². The molecule has 1 aromatic heterocycles. The number of hydrogen-bond acceptors (Lipinski definition) is 4. The molecule has 4 nitrogen and oxygen atoms in total. The first kappa shape index (κ1) is 20.2. The lowest BCUT2D eigenvalue weighted by Crippen LogP contribution is -2.26. The van der Waals surface area contributed by atoms with Crippen LogP contribution in [0.25, 0.3) is 0 Å². The van der Waals surface area contributed by atoms with Crippen molar-refractivity contribution < 1.29 is 9.59 Å². The van der Waals surface area contributed by atoms with Crippen molar-refractivity contribution in [3.05, 3.63) is 86.3 Å². The van der Waals surface area contributed by atoms with E-state index in [1.165, 1.54) is 0 Å². The minimum atomic E-state index is -0.233. The van der Waals surface area contributed by atoms with Crippen molar-refractivity contribution in [1.29, 1.82) is 0 Å². The first-order valence-corrected chi connectivity index (χ1v) is 10.4. The molecule has 6 heteroatoms. The number of carbonyl (C=O) groups is 2. The van der Waals surface area contributed by atoms with Gasteiger partial charge in [0.25, 0.3) is 5.91 Å². The molecule has 0 saturated heterocycles. The summed E-state index contributed by atoms with van der Waals surface area (Å²) in [5.74, 6) is -0.426. The molecule has 2 aromatic carbocycles. The van der Waals surface area contributed by atoms with Crippen molar-refractivity contribution in [2.75, 3.05) is 6.54 Å². The average molecular weight is 413 g/mol. The van der Waals surface area contributed by atoms with Gasteiger partial charge in [0.1, 0.15) is 0 Å². The second-order valence-corrected chi connectivity index (χ2v) is 7.86. The molecule has 0 aliphatic carbocycles. The molecule has 1 heterocycles. The summed E-state index contributed by atoms with van der Waals surface area (Å²) in [6.45, 7) is 2.55. The zero-order valence-corrected chi connectivity index (χ0v) is 17.1. The van der Waals surface area contributed by atoms with Gasteiger partial charge < -0.3 is 5.32 Å². The number of nitrogens with one attached hydrogen (secondary N) is 1. The Morgan fingerprint density at radius 3 is 2.43 bits per heavy atom. The summed E-state index contributed by atoms with van der Waals surface area (Å²) in [5.41, 5.74) is 2.33. The molecule has 0 aliphatic rings. The number of benzene rings is 2. The van der Waals surface area contributed by atoms with Gasteiger partial charge in [0.15, 0.2) is 5.78 Å². The third-order valence-electron chi connectivity index (χ3n) is 4.29. The van der Waals surface area contributed by atoms with Crippen LogP contribution in [0.1, 0.15) is 49.8 Å². The summed E-state index contributed by atoms with van der Waals surface area (Å²) in [4.78, 5) is 29.8. The van der Waals surface area contributed by atoms with E-state index in [1.807, 2.05) is 12.3 Å². The molecule has 1 N–H and O–H groups in total. The maximum absolute atomic E-state index is 12.8. The molecule has 0 radical (unpaired) electrons. The summed E-state index contributed by atoms with van der Waals surface area (Å²) < 4.78 is 0. The molecule has 0 spiro atoms. The van der Waals surface area contributed by atoms with Crippen LogP contribution >= 0.6 is 22.9 Å². The Hall–Kier alpha value is -2.50. The number of hydrogen-bond donors (Lipinski definition) is 1. The topological polar surface area (TPSA) is 59.1 Å². The van der Waals surface area contributed by atoms with Crippen LogP contribution in [0.15, 0.2) is 53.9 Å². The number of aromatic nitrogens is 1. The molecule has 144 valence electrons. The van der Waals surface area contributed by atoms with Gasteiger partial charge in [0.05, 0.1) is 10.6 Å². The number of unbranched alkanes of at least 4 members (excludes halogenated alkanes) is 1. The van der Waals surface area contributed by atoms with Crippen molar-refractivity contribution in [2.45, 2.75) is 26.2 Å². The Balaban J connectivity index is 1.57.